The summed E-state index contributed by atoms with van der Waals surface area (Å²) in [5.74, 6) is 0.133. The first-order valence-electron chi connectivity index (χ1n) is 7.91. The molecule has 0 radical (unpaired) electrons. The molecule has 134 valence electrons. The Balaban J connectivity index is 2.05. The van der Waals surface area contributed by atoms with E-state index in [1.165, 1.54) is 6.20 Å². The van der Waals surface area contributed by atoms with Gasteiger partial charge in [-0.25, -0.2) is 4.79 Å². The summed E-state index contributed by atoms with van der Waals surface area (Å²) < 4.78 is 10.7. The van der Waals surface area contributed by atoms with Crippen LogP contribution < -0.4 is 20.5 Å². The Morgan fingerprint density at radius 3 is 2.65 bits per heavy atom. The number of carboxylic acids is 1. The number of para-hydroxylation sites is 2. The normalized spacial score (nSPS) is 10.5. The summed E-state index contributed by atoms with van der Waals surface area (Å²) in [4.78, 5) is 15.8. The number of carbonyl (C=O) groups is 1. The SMILES string of the molecule is COc1cccc(CNc2c(C(=O)O)cnc3c(N)cccc23)c1OC. The number of nitrogens with one attached hydrogen (secondary N) is 1. The second kappa shape index (κ2) is 7.18. The van der Waals surface area contributed by atoms with Crippen molar-refractivity contribution in [1.82, 2.24) is 4.98 Å². The van der Waals surface area contributed by atoms with Gasteiger partial charge in [0.05, 0.1) is 31.1 Å². The van der Waals surface area contributed by atoms with Crippen LogP contribution >= 0.6 is 0 Å². The van der Waals surface area contributed by atoms with Gasteiger partial charge in [0.1, 0.15) is 5.56 Å². The van der Waals surface area contributed by atoms with Gasteiger partial charge in [-0.3, -0.25) is 4.98 Å². The number of nitrogens with two attached hydrogens (primary N) is 1. The number of ether oxygens (including phenoxy) is 2. The molecule has 3 aromatic rings. The van der Waals surface area contributed by atoms with E-state index in [1.54, 1.807) is 38.5 Å². The van der Waals surface area contributed by atoms with Crippen molar-refractivity contribution < 1.29 is 19.4 Å². The number of hydrogen-bond donors (Lipinski definition) is 3. The smallest absolute Gasteiger partial charge is 0.339 e. The second-order valence-electron chi connectivity index (χ2n) is 5.60. The van der Waals surface area contributed by atoms with Crippen LogP contribution in [0.1, 0.15) is 15.9 Å². The first-order valence-corrected chi connectivity index (χ1v) is 7.91. The third kappa shape index (κ3) is 3.06. The lowest BCUT2D eigenvalue weighted by atomic mass is 10.1. The van der Waals surface area contributed by atoms with Gasteiger partial charge in [-0.15, -0.1) is 0 Å². The summed E-state index contributed by atoms with van der Waals surface area (Å²) in [5.41, 5.74) is 8.37. The molecule has 3 rings (SSSR count). The van der Waals surface area contributed by atoms with Crippen LogP contribution in [0.4, 0.5) is 11.4 Å². The number of aromatic nitrogens is 1. The molecule has 0 aliphatic carbocycles. The Bertz CT molecular complexity index is 972. The molecule has 0 unspecified atom stereocenters. The number of anilines is 2. The molecule has 7 heteroatoms. The van der Waals surface area contributed by atoms with Crippen molar-refractivity contribution in [3.63, 3.8) is 0 Å². The van der Waals surface area contributed by atoms with Gasteiger partial charge >= 0.3 is 5.97 Å². The van der Waals surface area contributed by atoms with Crippen molar-refractivity contribution in [2.45, 2.75) is 6.54 Å². The molecule has 0 atom stereocenters. The minimum absolute atomic E-state index is 0.0740. The van der Waals surface area contributed by atoms with Crippen LogP contribution in [-0.2, 0) is 6.54 Å². The van der Waals surface area contributed by atoms with Crippen molar-refractivity contribution in [3.05, 3.63) is 53.7 Å². The summed E-state index contributed by atoms with van der Waals surface area (Å²) in [5, 5.41) is 13.4. The molecule has 0 saturated heterocycles. The molecular weight excluding hydrogens is 334 g/mol. The molecular formula is C19H19N3O4. The quantitative estimate of drug-likeness (QED) is 0.584. The lowest BCUT2D eigenvalue weighted by Gasteiger charge is -2.16. The number of fused-ring (bicyclic) bond motifs is 1. The van der Waals surface area contributed by atoms with Gasteiger partial charge in [-0.1, -0.05) is 24.3 Å². The number of pyridine rings is 1. The first-order chi connectivity index (χ1) is 12.6. The van der Waals surface area contributed by atoms with Gasteiger partial charge in [0.2, 0.25) is 0 Å². The van der Waals surface area contributed by atoms with Gasteiger partial charge in [0.25, 0.3) is 0 Å². The van der Waals surface area contributed by atoms with E-state index < -0.39 is 5.97 Å². The fourth-order valence-corrected chi connectivity index (χ4v) is 2.88. The van der Waals surface area contributed by atoms with Crippen LogP contribution in [0.25, 0.3) is 10.9 Å². The standard InChI is InChI=1S/C19H19N3O4/c1-25-15-8-3-5-11(18(15)26-2)9-21-16-12-6-4-7-14(20)17(12)22-10-13(16)19(23)24/h3-8,10H,9,20H2,1-2H3,(H,21,22)(H,23,24). The third-order valence-corrected chi connectivity index (χ3v) is 4.10. The highest BCUT2D eigenvalue weighted by atomic mass is 16.5. The molecule has 26 heavy (non-hydrogen) atoms. The van der Waals surface area contributed by atoms with Crippen LogP contribution in [-0.4, -0.2) is 30.3 Å². The molecule has 4 N–H and O–H groups in total. The van der Waals surface area contributed by atoms with Gasteiger partial charge in [0, 0.05) is 23.7 Å². The summed E-state index contributed by atoms with van der Waals surface area (Å²) >= 11 is 0. The molecule has 0 spiro atoms. The topological polar surface area (TPSA) is 107 Å². The van der Waals surface area contributed by atoms with Crippen LogP contribution in [0, 0.1) is 0 Å². The second-order valence-corrected chi connectivity index (χ2v) is 5.60. The van der Waals surface area contributed by atoms with E-state index in [-0.39, 0.29) is 5.56 Å². The van der Waals surface area contributed by atoms with Gasteiger partial charge < -0.3 is 25.6 Å². The van der Waals surface area contributed by atoms with Crippen LogP contribution in [0.5, 0.6) is 11.5 Å². The summed E-state index contributed by atoms with van der Waals surface area (Å²) in [7, 11) is 3.13. The number of methoxy groups -OCH3 is 2. The molecule has 1 heterocycles. The highest BCUT2D eigenvalue weighted by Gasteiger charge is 2.17. The predicted molar refractivity (Wildman–Crippen MR) is 100.0 cm³/mol. The first kappa shape index (κ1) is 17.3. The molecule has 7 nitrogen and oxygen atoms in total. The number of rotatable bonds is 6. The highest BCUT2D eigenvalue weighted by molar-refractivity contribution is 6.06. The van der Waals surface area contributed by atoms with Crippen LogP contribution in [0.15, 0.2) is 42.6 Å². The Kier molecular flexibility index (Phi) is 4.79. The average Bonchev–Trinajstić information content (AvgIpc) is 2.65. The predicted octanol–water partition coefficient (Wildman–Crippen LogP) is 3.14. The Labute approximate surface area is 150 Å². The van der Waals surface area contributed by atoms with E-state index in [0.29, 0.717) is 40.3 Å². The molecule has 0 saturated carbocycles. The van der Waals surface area contributed by atoms with E-state index in [9.17, 15) is 9.90 Å². The van der Waals surface area contributed by atoms with Crippen molar-refractivity contribution in [1.29, 1.82) is 0 Å². The summed E-state index contributed by atoms with van der Waals surface area (Å²) in [6.07, 6.45) is 1.31. The Morgan fingerprint density at radius 2 is 1.96 bits per heavy atom. The maximum absolute atomic E-state index is 11.6. The number of nitrogens with zero attached hydrogens (tertiary/aromatic N) is 1. The fraction of sp³-hybridized carbons (Fsp3) is 0.158. The van der Waals surface area contributed by atoms with E-state index in [2.05, 4.69) is 10.3 Å². The molecule has 0 aliphatic heterocycles. The molecule has 0 fully saturated rings. The third-order valence-electron chi connectivity index (χ3n) is 4.10. The lowest BCUT2D eigenvalue weighted by Crippen LogP contribution is -2.09. The maximum Gasteiger partial charge on any atom is 0.339 e. The van der Waals surface area contributed by atoms with Crippen molar-refractivity contribution in [3.8, 4) is 11.5 Å². The minimum atomic E-state index is -1.07. The largest absolute Gasteiger partial charge is 0.493 e. The fourth-order valence-electron chi connectivity index (χ4n) is 2.88. The van der Waals surface area contributed by atoms with Crippen molar-refractivity contribution in [2.24, 2.45) is 0 Å². The molecule has 0 bridgehead atoms. The van der Waals surface area contributed by atoms with Gasteiger partial charge in [0.15, 0.2) is 11.5 Å². The molecule has 1 aromatic heterocycles. The van der Waals surface area contributed by atoms with Crippen LogP contribution in [0.2, 0.25) is 0 Å². The van der Waals surface area contributed by atoms with E-state index in [0.717, 1.165) is 5.56 Å². The Morgan fingerprint density at radius 1 is 1.19 bits per heavy atom. The lowest BCUT2D eigenvalue weighted by molar-refractivity contribution is 0.0697. The van der Waals surface area contributed by atoms with E-state index in [4.69, 9.17) is 15.2 Å². The number of hydrogen-bond acceptors (Lipinski definition) is 6. The molecule has 0 amide bonds. The van der Waals surface area contributed by atoms with Crippen molar-refractivity contribution >= 4 is 28.2 Å². The maximum atomic E-state index is 11.6. The number of nitrogen functional groups attached to an aromatic ring is 1. The van der Waals surface area contributed by atoms with Gasteiger partial charge in [-0.2, -0.15) is 0 Å². The highest BCUT2D eigenvalue weighted by Crippen LogP contribution is 2.33. The average molecular weight is 353 g/mol. The summed E-state index contributed by atoms with van der Waals surface area (Å²) in [6.45, 7) is 0.342. The Hall–Kier alpha value is -3.48. The monoisotopic (exact) mass is 353 g/mol. The minimum Gasteiger partial charge on any atom is -0.493 e. The van der Waals surface area contributed by atoms with E-state index >= 15 is 0 Å². The van der Waals surface area contributed by atoms with Gasteiger partial charge in [-0.05, 0) is 12.1 Å². The molecule has 0 aliphatic rings. The zero-order valence-electron chi connectivity index (χ0n) is 14.4. The zero-order chi connectivity index (χ0) is 18.7. The number of carboxylic acid groups (broad SMARTS) is 1. The van der Waals surface area contributed by atoms with Crippen molar-refractivity contribution in [2.75, 3.05) is 25.3 Å². The van der Waals surface area contributed by atoms with Crippen LogP contribution in [0.3, 0.4) is 0 Å². The number of aromatic carboxylic acids is 1. The van der Waals surface area contributed by atoms with E-state index in [1.807, 2.05) is 12.1 Å². The summed E-state index contributed by atoms with van der Waals surface area (Å²) in [6, 6.07) is 10.8. The number of benzene rings is 2. The molecule has 2 aromatic carbocycles. The zero-order valence-corrected chi connectivity index (χ0v) is 14.4.